The van der Waals surface area contributed by atoms with Gasteiger partial charge in [0.05, 0.1) is 11.2 Å². The van der Waals surface area contributed by atoms with Gasteiger partial charge < -0.3 is 4.74 Å². The Morgan fingerprint density at radius 2 is 1.59 bits per heavy atom. The topological polar surface area (TPSA) is 57.0 Å². The number of ether oxygens (including phenoxy) is 1. The van der Waals surface area contributed by atoms with Gasteiger partial charge in [0.1, 0.15) is 5.60 Å². The first-order chi connectivity index (χ1) is 15.0. The van der Waals surface area contributed by atoms with Crippen molar-refractivity contribution in [1.29, 1.82) is 0 Å². The van der Waals surface area contributed by atoms with Crippen LogP contribution < -0.4 is 0 Å². The molecular weight excluding hydrogens is 405 g/mol. The van der Waals surface area contributed by atoms with E-state index in [0.29, 0.717) is 11.3 Å². The second-order valence-corrected chi connectivity index (χ2v) is 9.03. The molecule has 0 spiro atoms. The van der Waals surface area contributed by atoms with Crippen LogP contribution in [0, 0.1) is 26.7 Å². The summed E-state index contributed by atoms with van der Waals surface area (Å²) in [6.45, 7) is 11.4. The number of fused-ring (bicyclic) bond motifs is 1. The van der Waals surface area contributed by atoms with Crippen LogP contribution in [0.2, 0.25) is 0 Å². The lowest BCUT2D eigenvalue weighted by molar-refractivity contribution is 0.0547. The van der Waals surface area contributed by atoms with E-state index in [0.717, 1.165) is 39.0 Å². The Labute approximate surface area is 186 Å². The summed E-state index contributed by atoms with van der Waals surface area (Å²) in [6, 6.07) is 13.0. The van der Waals surface area contributed by atoms with Gasteiger partial charge in [0.2, 0.25) is 5.95 Å². The van der Waals surface area contributed by atoms with E-state index in [-0.39, 0.29) is 0 Å². The molecular formula is C26H26FN3O2. The molecule has 4 aromatic rings. The van der Waals surface area contributed by atoms with Crippen molar-refractivity contribution in [2.75, 3.05) is 0 Å². The van der Waals surface area contributed by atoms with Crippen LogP contribution in [-0.2, 0) is 4.74 Å². The molecule has 0 saturated carbocycles. The van der Waals surface area contributed by atoms with Crippen molar-refractivity contribution >= 4 is 17.0 Å². The third-order valence-electron chi connectivity index (χ3n) is 5.21. The normalized spacial score (nSPS) is 11.7. The summed E-state index contributed by atoms with van der Waals surface area (Å²) in [5.74, 6) is -0.572. The number of aromatic nitrogens is 3. The molecule has 3 aromatic heterocycles. The first kappa shape index (κ1) is 21.7. The number of nitrogens with zero attached hydrogens (tertiary/aromatic N) is 3. The van der Waals surface area contributed by atoms with Crippen LogP contribution in [0.5, 0.6) is 0 Å². The number of carbonyl (C=O) groups excluding carboxylic acids is 1. The Balaban J connectivity index is 2.00. The van der Waals surface area contributed by atoms with Crippen molar-refractivity contribution in [3.05, 3.63) is 71.6 Å². The highest BCUT2D eigenvalue weighted by molar-refractivity contribution is 6.00. The van der Waals surface area contributed by atoms with Crippen molar-refractivity contribution in [1.82, 2.24) is 14.5 Å². The highest BCUT2D eigenvalue weighted by Gasteiger charge is 2.25. The number of pyridine rings is 2. The van der Waals surface area contributed by atoms with Crippen LogP contribution in [0.15, 0.2) is 48.7 Å². The molecule has 0 unspecified atom stereocenters. The third kappa shape index (κ3) is 4.13. The van der Waals surface area contributed by atoms with Crippen LogP contribution in [0.25, 0.3) is 33.3 Å². The summed E-state index contributed by atoms with van der Waals surface area (Å²) < 4.78 is 20.8. The number of rotatable bonds is 2. The van der Waals surface area contributed by atoms with Gasteiger partial charge in [0.15, 0.2) is 0 Å². The number of carbonyl (C=O) groups is 1. The molecule has 0 aliphatic heterocycles. The van der Waals surface area contributed by atoms with E-state index < -0.39 is 17.6 Å². The highest BCUT2D eigenvalue weighted by Crippen LogP contribution is 2.36. The molecule has 164 valence electrons. The Hall–Kier alpha value is -3.54. The van der Waals surface area contributed by atoms with Gasteiger partial charge in [-0.3, -0.25) is 4.98 Å². The third-order valence-corrected chi connectivity index (χ3v) is 5.21. The number of halogens is 1. The predicted octanol–water partition coefficient (Wildman–Crippen LogP) is 6.61. The van der Waals surface area contributed by atoms with Crippen molar-refractivity contribution in [2.45, 2.75) is 47.1 Å². The zero-order valence-corrected chi connectivity index (χ0v) is 19.2. The SMILES string of the molecule is Cc1cc(-c2ccc3c(C)c(-c4ccc(F)nc4)n(C(=O)OC(C)(C)C)c3c2)cc(C)n1. The Morgan fingerprint density at radius 1 is 0.938 bits per heavy atom. The average Bonchev–Trinajstić information content (AvgIpc) is 2.99. The van der Waals surface area contributed by atoms with E-state index in [9.17, 15) is 9.18 Å². The lowest BCUT2D eigenvalue weighted by Gasteiger charge is -2.21. The summed E-state index contributed by atoms with van der Waals surface area (Å²) in [4.78, 5) is 21.6. The zero-order chi connectivity index (χ0) is 23.2. The van der Waals surface area contributed by atoms with Gasteiger partial charge in [0.25, 0.3) is 0 Å². The van der Waals surface area contributed by atoms with Crippen LogP contribution in [0.4, 0.5) is 9.18 Å². The Morgan fingerprint density at radius 3 is 2.19 bits per heavy atom. The van der Waals surface area contributed by atoms with Crippen molar-refractivity contribution < 1.29 is 13.9 Å². The van der Waals surface area contributed by atoms with Crippen LogP contribution in [0.1, 0.15) is 37.7 Å². The molecule has 4 rings (SSSR count). The first-order valence-corrected chi connectivity index (χ1v) is 10.5. The molecule has 32 heavy (non-hydrogen) atoms. The molecule has 0 aliphatic carbocycles. The number of hydrogen-bond donors (Lipinski definition) is 0. The predicted molar refractivity (Wildman–Crippen MR) is 124 cm³/mol. The van der Waals surface area contributed by atoms with Gasteiger partial charge in [-0.05, 0) is 88.6 Å². The van der Waals surface area contributed by atoms with Gasteiger partial charge >= 0.3 is 6.09 Å². The van der Waals surface area contributed by atoms with E-state index in [2.05, 4.69) is 9.97 Å². The molecule has 0 bridgehead atoms. The van der Waals surface area contributed by atoms with Gasteiger partial charge in [-0.1, -0.05) is 12.1 Å². The maximum Gasteiger partial charge on any atom is 0.419 e. The lowest BCUT2D eigenvalue weighted by atomic mass is 10.0. The molecule has 0 radical (unpaired) electrons. The molecule has 5 nitrogen and oxygen atoms in total. The number of benzene rings is 1. The second kappa shape index (κ2) is 7.86. The van der Waals surface area contributed by atoms with E-state index in [4.69, 9.17) is 4.74 Å². The molecule has 0 atom stereocenters. The number of hydrogen-bond acceptors (Lipinski definition) is 4. The summed E-state index contributed by atoms with van der Waals surface area (Å²) in [5.41, 5.74) is 6.08. The smallest absolute Gasteiger partial charge is 0.419 e. The minimum atomic E-state index is -0.670. The molecule has 0 saturated heterocycles. The maximum atomic E-state index is 13.5. The fourth-order valence-corrected chi connectivity index (χ4v) is 3.99. The molecule has 0 N–H and O–H groups in total. The Kier molecular flexibility index (Phi) is 5.33. The van der Waals surface area contributed by atoms with Gasteiger partial charge in [0, 0.05) is 28.5 Å². The largest absolute Gasteiger partial charge is 0.443 e. The maximum absolute atomic E-state index is 13.5. The van der Waals surface area contributed by atoms with Crippen molar-refractivity contribution in [3.8, 4) is 22.4 Å². The molecule has 1 aromatic carbocycles. The van der Waals surface area contributed by atoms with Crippen LogP contribution in [-0.4, -0.2) is 26.2 Å². The van der Waals surface area contributed by atoms with E-state index in [1.165, 1.54) is 12.3 Å². The second-order valence-electron chi connectivity index (χ2n) is 9.03. The van der Waals surface area contributed by atoms with E-state index in [1.807, 2.05) is 71.9 Å². The zero-order valence-electron chi connectivity index (χ0n) is 19.2. The molecule has 3 heterocycles. The summed E-state index contributed by atoms with van der Waals surface area (Å²) in [5, 5.41) is 0.918. The quantitative estimate of drug-likeness (QED) is 0.335. The summed E-state index contributed by atoms with van der Waals surface area (Å²) in [7, 11) is 0. The molecule has 6 heteroatoms. The molecule has 0 amide bonds. The minimum absolute atomic E-state index is 0.492. The van der Waals surface area contributed by atoms with Crippen molar-refractivity contribution in [2.24, 2.45) is 0 Å². The van der Waals surface area contributed by atoms with Gasteiger partial charge in [-0.15, -0.1) is 0 Å². The van der Waals surface area contributed by atoms with E-state index >= 15 is 0 Å². The first-order valence-electron chi connectivity index (χ1n) is 10.5. The minimum Gasteiger partial charge on any atom is -0.443 e. The summed E-state index contributed by atoms with van der Waals surface area (Å²) >= 11 is 0. The number of aryl methyl sites for hydroxylation is 3. The Bertz CT molecular complexity index is 1310. The van der Waals surface area contributed by atoms with Crippen molar-refractivity contribution in [3.63, 3.8) is 0 Å². The fourth-order valence-electron chi connectivity index (χ4n) is 3.99. The van der Waals surface area contributed by atoms with Crippen LogP contribution in [0.3, 0.4) is 0 Å². The van der Waals surface area contributed by atoms with Gasteiger partial charge in [-0.2, -0.15) is 4.39 Å². The van der Waals surface area contributed by atoms with E-state index in [1.54, 1.807) is 10.6 Å². The van der Waals surface area contributed by atoms with Gasteiger partial charge in [-0.25, -0.2) is 14.3 Å². The summed E-state index contributed by atoms with van der Waals surface area (Å²) in [6.07, 6.45) is 0.947. The average molecular weight is 432 g/mol. The highest BCUT2D eigenvalue weighted by atomic mass is 19.1. The lowest BCUT2D eigenvalue weighted by Crippen LogP contribution is -2.27. The fraction of sp³-hybridized carbons (Fsp3) is 0.269. The standard InChI is InChI=1S/C26H26FN3O2/c1-15-11-20(12-16(2)29-15)18-7-9-21-17(3)24(19-8-10-23(27)28-14-19)30(22(21)13-18)25(31)32-26(4,5)6/h7-14H,1-6H3. The molecule has 0 fully saturated rings. The van der Waals surface area contributed by atoms with Crippen LogP contribution >= 0.6 is 0 Å². The monoisotopic (exact) mass is 431 g/mol. The molecule has 0 aliphatic rings.